The Morgan fingerprint density at radius 1 is 1.00 bits per heavy atom. The molecule has 0 amide bonds. The molecule has 0 N–H and O–H groups in total. The number of aromatic nitrogens is 2. The van der Waals surface area contributed by atoms with Gasteiger partial charge in [-0.15, -0.1) is 0 Å². The molecule has 3 aromatic rings. The molecule has 1 heterocycles. The summed E-state index contributed by atoms with van der Waals surface area (Å²) >= 11 is 0.988. The Labute approximate surface area is 166 Å². The molecule has 0 spiro atoms. The van der Waals surface area contributed by atoms with Crippen molar-refractivity contribution < 1.29 is 13.2 Å². The number of hydrogen-bond donors (Lipinski definition) is 0. The van der Waals surface area contributed by atoms with Gasteiger partial charge >= 0.3 is 6.18 Å². The molecule has 3 nitrogen and oxygen atoms in total. The van der Waals surface area contributed by atoms with E-state index in [0.29, 0.717) is 11.4 Å². The summed E-state index contributed by atoms with van der Waals surface area (Å²) in [4.78, 5) is 10.8. The van der Waals surface area contributed by atoms with Crippen LogP contribution in [0.2, 0.25) is 0 Å². The minimum absolute atomic E-state index is 0.103. The number of rotatable bonds is 6. The summed E-state index contributed by atoms with van der Waals surface area (Å²) < 4.78 is 40.4. The fourth-order valence-corrected chi connectivity index (χ4v) is 3.67. The zero-order valence-corrected chi connectivity index (χ0v) is 16.4. The van der Waals surface area contributed by atoms with E-state index < -0.39 is 11.7 Å². The standard InChI is InChI=1S/C21H20F3N3S/c1-3-15-9-8-10-16(13-15)27(4-2)20-25-14-18(21(22,23)24)19(26-20)28-17-11-6-5-7-12-17/h5-14H,3-4H2,1-2H3. The predicted octanol–water partition coefficient (Wildman–Crippen LogP) is 6.37. The first-order chi connectivity index (χ1) is 13.4. The van der Waals surface area contributed by atoms with Crippen molar-refractivity contribution >= 4 is 23.4 Å². The van der Waals surface area contributed by atoms with E-state index in [9.17, 15) is 13.2 Å². The van der Waals surface area contributed by atoms with Crippen molar-refractivity contribution in [2.45, 2.75) is 36.4 Å². The van der Waals surface area contributed by atoms with Gasteiger partial charge in [0.25, 0.3) is 0 Å². The minimum atomic E-state index is -4.52. The summed E-state index contributed by atoms with van der Waals surface area (Å²) in [5.74, 6) is 0.252. The molecule has 0 atom stereocenters. The SMILES string of the molecule is CCc1cccc(N(CC)c2ncc(C(F)(F)F)c(Sc3ccccc3)n2)c1. The molecule has 0 aliphatic carbocycles. The van der Waals surface area contributed by atoms with Crippen molar-refractivity contribution in [3.05, 3.63) is 71.9 Å². The van der Waals surface area contributed by atoms with Crippen molar-refractivity contribution in [3.8, 4) is 0 Å². The highest BCUT2D eigenvalue weighted by Crippen LogP contribution is 2.39. The zero-order valence-electron chi connectivity index (χ0n) is 15.6. The van der Waals surface area contributed by atoms with Crippen LogP contribution >= 0.6 is 11.8 Å². The van der Waals surface area contributed by atoms with Crippen molar-refractivity contribution in [2.24, 2.45) is 0 Å². The number of aryl methyl sites for hydroxylation is 1. The lowest BCUT2D eigenvalue weighted by molar-refractivity contribution is -0.140. The average molecular weight is 403 g/mol. The van der Waals surface area contributed by atoms with Crippen LogP contribution in [0.4, 0.5) is 24.8 Å². The Hall–Kier alpha value is -2.54. The van der Waals surface area contributed by atoms with Gasteiger partial charge in [0.1, 0.15) is 10.6 Å². The second kappa shape index (κ2) is 8.65. The van der Waals surface area contributed by atoms with Crippen molar-refractivity contribution in [2.75, 3.05) is 11.4 Å². The lowest BCUT2D eigenvalue weighted by Gasteiger charge is -2.23. The first-order valence-corrected chi connectivity index (χ1v) is 9.77. The monoisotopic (exact) mass is 403 g/mol. The summed E-state index contributed by atoms with van der Waals surface area (Å²) in [6.45, 7) is 4.51. The van der Waals surface area contributed by atoms with E-state index in [1.54, 1.807) is 24.3 Å². The van der Waals surface area contributed by atoms with Gasteiger partial charge in [0.15, 0.2) is 0 Å². The lowest BCUT2D eigenvalue weighted by Crippen LogP contribution is -2.20. The van der Waals surface area contributed by atoms with Crippen molar-refractivity contribution in [1.82, 2.24) is 9.97 Å². The second-order valence-corrected chi connectivity index (χ2v) is 7.13. The second-order valence-electron chi connectivity index (χ2n) is 6.07. The molecule has 7 heteroatoms. The molecule has 1 aromatic heterocycles. The molecule has 0 aliphatic rings. The van der Waals surface area contributed by atoms with Crippen LogP contribution in [0.3, 0.4) is 0 Å². The Kier molecular flexibility index (Phi) is 6.24. The quantitative estimate of drug-likeness (QED) is 0.447. The van der Waals surface area contributed by atoms with Gasteiger partial charge in [0.05, 0.1) is 0 Å². The van der Waals surface area contributed by atoms with Crippen LogP contribution < -0.4 is 4.90 Å². The topological polar surface area (TPSA) is 29.0 Å². The Balaban J connectivity index is 2.04. The molecule has 0 fully saturated rings. The van der Waals surface area contributed by atoms with Crippen molar-refractivity contribution in [3.63, 3.8) is 0 Å². The highest BCUT2D eigenvalue weighted by Gasteiger charge is 2.35. The minimum Gasteiger partial charge on any atom is -0.311 e. The normalized spacial score (nSPS) is 11.5. The van der Waals surface area contributed by atoms with Gasteiger partial charge in [0, 0.05) is 23.3 Å². The lowest BCUT2D eigenvalue weighted by atomic mass is 10.1. The molecule has 0 saturated heterocycles. The largest absolute Gasteiger partial charge is 0.420 e. The molecule has 0 saturated carbocycles. The van der Waals surface area contributed by atoms with E-state index in [4.69, 9.17) is 0 Å². The highest BCUT2D eigenvalue weighted by atomic mass is 32.2. The molecular formula is C21H20F3N3S. The maximum Gasteiger partial charge on any atom is 0.420 e. The third kappa shape index (κ3) is 4.65. The van der Waals surface area contributed by atoms with Gasteiger partial charge in [-0.05, 0) is 43.2 Å². The maximum atomic E-state index is 13.5. The molecule has 0 aliphatic heterocycles. The third-order valence-electron chi connectivity index (χ3n) is 4.19. The van der Waals surface area contributed by atoms with Gasteiger partial charge < -0.3 is 4.90 Å². The van der Waals surface area contributed by atoms with Crippen LogP contribution in [0.15, 0.2) is 70.7 Å². The summed E-state index contributed by atoms with van der Waals surface area (Å²) in [5, 5.41) is -0.103. The van der Waals surface area contributed by atoms with Crippen LogP contribution in [0.5, 0.6) is 0 Å². The van der Waals surface area contributed by atoms with Gasteiger partial charge in [0.2, 0.25) is 5.95 Å². The van der Waals surface area contributed by atoms with Gasteiger partial charge in [-0.3, -0.25) is 0 Å². The predicted molar refractivity (Wildman–Crippen MR) is 106 cm³/mol. The Morgan fingerprint density at radius 2 is 1.75 bits per heavy atom. The fraction of sp³-hybridized carbons (Fsp3) is 0.238. The molecule has 3 rings (SSSR count). The summed E-state index contributed by atoms with van der Waals surface area (Å²) in [5.41, 5.74) is 1.17. The molecule has 0 radical (unpaired) electrons. The molecule has 146 valence electrons. The molecular weight excluding hydrogens is 383 g/mol. The van der Waals surface area contributed by atoms with Crippen LogP contribution in [-0.4, -0.2) is 16.5 Å². The molecule has 2 aromatic carbocycles. The number of hydrogen-bond acceptors (Lipinski definition) is 4. The maximum absolute atomic E-state index is 13.5. The van der Waals surface area contributed by atoms with Crippen molar-refractivity contribution in [1.29, 1.82) is 0 Å². The van der Waals surface area contributed by atoms with Crippen LogP contribution in [-0.2, 0) is 12.6 Å². The number of halogens is 3. The number of benzene rings is 2. The molecule has 28 heavy (non-hydrogen) atoms. The van der Waals surface area contributed by atoms with E-state index in [1.807, 2.05) is 42.2 Å². The third-order valence-corrected chi connectivity index (χ3v) is 5.20. The number of anilines is 2. The van der Waals surface area contributed by atoms with Gasteiger partial charge in [-0.1, -0.05) is 49.0 Å². The Bertz CT molecular complexity index is 930. The highest BCUT2D eigenvalue weighted by molar-refractivity contribution is 7.99. The first kappa shape index (κ1) is 20.2. The number of alkyl halides is 3. The van der Waals surface area contributed by atoms with Gasteiger partial charge in [-0.2, -0.15) is 13.2 Å². The molecule has 0 bridgehead atoms. The summed E-state index contributed by atoms with van der Waals surface area (Å²) in [6.07, 6.45) is -2.77. The fourth-order valence-electron chi connectivity index (χ4n) is 2.74. The molecule has 0 unspecified atom stereocenters. The zero-order chi connectivity index (χ0) is 20.1. The van der Waals surface area contributed by atoms with Crippen LogP contribution in [0.25, 0.3) is 0 Å². The van der Waals surface area contributed by atoms with E-state index >= 15 is 0 Å². The first-order valence-electron chi connectivity index (χ1n) is 8.96. The summed E-state index contributed by atoms with van der Waals surface area (Å²) in [6, 6.07) is 16.8. The van der Waals surface area contributed by atoms with E-state index in [1.165, 1.54) is 0 Å². The average Bonchev–Trinajstić information content (AvgIpc) is 2.69. The van der Waals surface area contributed by atoms with Gasteiger partial charge in [-0.25, -0.2) is 9.97 Å². The Morgan fingerprint density at radius 3 is 2.39 bits per heavy atom. The van der Waals surface area contributed by atoms with Crippen LogP contribution in [0, 0.1) is 0 Å². The van der Waals surface area contributed by atoms with E-state index in [-0.39, 0.29) is 11.0 Å². The van der Waals surface area contributed by atoms with Crippen LogP contribution in [0.1, 0.15) is 25.0 Å². The number of nitrogens with zero attached hydrogens (tertiary/aromatic N) is 3. The van der Waals surface area contributed by atoms with E-state index in [0.717, 1.165) is 35.6 Å². The smallest absolute Gasteiger partial charge is 0.311 e. The summed E-state index contributed by atoms with van der Waals surface area (Å²) in [7, 11) is 0. The van der Waals surface area contributed by atoms with E-state index in [2.05, 4.69) is 16.9 Å².